The Bertz CT molecular complexity index is 1500. The summed E-state index contributed by atoms with van der Waals surface area (Å²) in [7, 11) is 1.74. The minimum Gasteiger partial charge on any atom is -0.619 e. The summed E-state index contributed by atoms with van der Waals surface area (Å²) in [5.41, 5.74) is 18.1. The second-order valence-electron chi connectivity index (χ2n) is 9.70. The number of aliphatic imine (C=N–C) groups is 1. The SMILES string of the molecule is C=CC(=O)N1CCCC(c2ccn([N-]C)c2C(N)=Nc2ccc(Cc3ccn4ncnc4c3)c(C)c2)CC1.[K+]. The molecule has 1 atom stereocenters. The summed E-state index contributed by atoms with van der Waals surface area (Å²) in [4.78, 5) is 23.1. The van der Waals surface area contributed by atoms with Gasteiger partial charge in [-0.1, -0.05) is 12.6 Å². The molecule has 1 unspecified atom stereocenters. The van der Waals surface area contributed by atoms with E-state index in [1.165, 1.54) is 17.2 Å². The maximum atomic E-state index is 12.1. The fraction of sp³-hybridized carbons (Fsp3) is 0.310. The van der Waals surface area contributed by atoms with Crippen LogP contribution in [0.1, 0.15) is 53.1 Å². The fourth-order valence-corrected chi connectivity index (χ4v) is 5.28. The minimum atomic E-state index is -0.00836. The molecule has 9 nitrogen and oxygen atoms in total. The van der Waals surface area contributed by atoms with Crippen molar-refractivity contribution in [1.29, 1.82) is 0 Å². The van der Waals surface area contributed by atoms with Crippen molar-refractivity contribution in [2.75, 3.05) is 20.1 Å². The van der Waals surface area contributed by atoms with Gasteiger partial charge in [0.1, 0.15) is 12.2 Å². The summed E-state index contributed by atoms with van der Waals surface area (Å²) in [5.74, 6) is 0.699. The first kappa shape index (κ1) is 29.2. The molecule has 0 aliphatic carbocycles. The maximum absolute atomic E-state index is 12.1. The van der Waals surface area contributed by atoms with Crippen LogP contribution in [0.15, 0.2) is 72.8 Å². The molecule has 0 saturated carbocycles. The van der Waals surface area contributed by atoms with Crippen LogP contribution in [0, 0.1) is 6.92 Å². The first-order valence-electron chi connectivity index (χ1n) is 12.9. The normalized spacial score (nSPS) is 16.0. The number of benzene rings is 1. The molecule has 2 N–H and O–H groups in total. The van der Waals surface area contributed by atoms with Crippen LogP contribution in [-0.4, -0.2) is 56.1 Å². The number of likely N-dealkylation sites (tertiary alicyclic amines) is 1. The van der Waals surface area contributed by atoms with Gasteiger partial charge < -0.3 is 20.7 Å². The molecule has 5 rings (SSSR count). The summed E-state index contributed by atoms with van der Waals surface area (Å²) in [5, 5.41) is 4.16. The number of amides is 1. The molecule has 1 aromatic carbocycles. The number of rotatable bonds is 7. The molecule has 196 valence electrons. The molecule has 39 heavy (non-hydrogen) atoms. The van der Waals surface area contributed by atoms with Gasteiger partial charge in [0.15, 0.2) is 5.65 Å². The third-order valence-electron chi connectivity index (χ3n) is 7.33. The number of hydrogen-bond acceptors (Lipinski definition) is 4. The summed E-state index contributed by atoms with van der Waals surface area (Å²) < 4.78 is 3.56. The number of nitrogens with zero attached hydrogens (tertiary/aromatic N) is 7. The Morgan fingerprint density at radius 2 is 2.05 bits per heavy atom. The second kappa shape index (κ2) is 13.1. The maximum Gasteiger partial charge on any atom is 1.00 e. The number of hydrogen-bond donors (Lipinski definition) is 1. The van der Waals surface area contributed by atoms with Gasteiger partial charge >= 0.3 is 51.4 Å². The molecule has 0 spiro atoms. The number of fused-ring (bicyclic) bond motifs is 1. The summed E-state index contributed by atoms with van der Waals surface area (Å²) in [6.45, 7) is 7.17. The van der Waals surface area contributed by atoms with Crippen LogP contribution < -0.4 is 57.1 Å². The molecular formula is C29H33KN8O. The average Bonchev–Trinajstić information content (AvgIpc) is 3.50. The zero-order valence-corrected chi connectivity index (χ0v) is 26.0. The number of carbonyl (C=O) groups excluding carboxylic acids is 1. The van der Waals surface area contributed by atoms with E-state index in [-0.39, 0.29) is 63.2 Å². The van der Waals surface area contributed by atoms with Crippen molar-refractivity contribution >= 4 is 23.1 Å². The quantitative estimate of drug-likeness (QED) is 0.164. The van der Waals surface area contributed by atoms with Crippen molar-refractivity contribution in [3.8, 4) is 0 Å². The van der Waals surface area contributed by atoms with Crippen molar-refractivity contribution in [3.63, 3.8) is 0 Å². The zero-order valence-electron chi connectivity index (χ0n) is 22.9. The van der Waals surface area contributed by atoms with Crippen LogP contribution in [0.3, 0.4) is 0 Å². The van der Waals surface area contributed by atoms with Gasteiger partial charge in [-0.3, -0.25) is 4.79 Å². The average molecular weight is 549 g/mol. The predicted molar refractivity (Wildman–Crippen MR) is 150 cm³/mol. The minimum absolute atomic E-state index is 0. The summed E-state index contributed by atoms with van der Waals surface area (Å²) in [6, 6.07) is 12.4. The topological polar surface area (TPSA) is 108 Å². The molecule has 10 heteroatoms. The Morgan fingerprint density at radius 3 is 2.82 bits per heavy atom. The molecule has 0 radical (unpaired) electrons. The molecule has 4 heterocycles. The number of carbonyl (C=O) groups is 1. The Hall–Kier alpha value is -2.76. The summed E-state index contributed by atoms with van der Waals surface area (Å²) >= 11 is 0. The van der Waals surface area contributed by atoms with E-state index >= 15 is 0 Å². The van der Waals surface area contributed by atoms with Crippen LogP contribution in [0.25, 0.3) is 11.1 Å². The van der Waals surface area contributed by atoms with Crippen molar-refractivity contribution in [2.24, 2.45) is 10.7 Å². The molecule has 3 aromatic heterocycles. The van der Waals surface area contributed by atoms with Gasteiger partial charge in [-0.25, -0.2) is 14.5 Å². The van der Waals surface area contributed by atoms with Gasteiger partial charge in [-0.2, -0.15) is 5.10 Å². The van der Waals surface area contributed by atoms with E-state index < -0.39 is 0 Å². The zero-order chi connectivity index (χ0) is 26.6. The second-order valence-corrected chi connectivity index (χ2v) is 9.70. The Balaban J connectivity index is 0.00000353. The van der Waals surface area contributed by atoms with E-state index in [1.54, 1.807) is 22.6 Å². The molecule has 1 aliphatic heterocycles. The van der Waals surface area contributed by atoms with E-state index in [4.69, 9.17) is 10.7 Å². The molecule has 1 saturated heterocycles. The number of pyridine rings is 1. The standard InChI is InChI=1S/C29H33N8O.K/c1-4-27(38)35-12-5-6-22(10-13-35)25-11-15-37(31-3)28(25)29(30)34-24-8-7-23(20(2)16-24)17-21-9-14-36-26(18-21)32-19-33-36;/h4,7-9,11,14-16,18-19,22H,1,5-6,10,12-13,17H2,2-3H3,(H2,30,34);/q-1;+1. The van der Waals surface area contributed by atoms with Gasteiger partial charge in [0.2, 0.25) is 5.91 Å². The van der Waals surface area contributed by atoms with Crippen LogP contribution in [0.4, 0.5) is 5.69 Å². The third kappa shape index (κ3) is 6.52. The number of aromatic nitrogens is 4. The first-order chi connectivity index (χ1) is 18.5. The van der Waals surface area contributed by atoms with E-state index in [0.29, 0.717) is 12.4 Å². The van der Waals surface area contributed by atoms with Gasteiger partial charge in [-0.05, 0) is 103 Å². The monoisotopic (exact) mass is 548 g/mol. The van der Waals surface area contributed by atoms with Crippen LogP contribution in [0.5, 0.6) is 0 Å². The van der Waals surface area contributed by atoms with Crippen molar-refractivity contribution in [1.82, 2.24) is 24.2 Å². The fourth-order valence-electron chi connectivity index (χ4n) is 5.28. The molecular weight excluding hydrogens is 515 g/mol. The van der Waals surface area contributed by atoms with E-state index in [1.807, 2.05) is 23.4 Å². The first-order valence-corrected chi connectivity index (χ1v) is 12.9. The Kier molecular flexibility index (Phi) is 9.79. The number of amidine groups is 1. The van der Waals surface area contributed by atoms with Crippen LogP contribution in [0.2, 0.25) is 0 Å². The third-order valence-corrected chi connectivity index (χ3v) is 7.33. The van der Waals surface area contributed by atoms with Gasteiger partial charge in [0, 0.05) is 19.3 Å². The predicted octanol–water partition coefficient (Wildman–Crippen LogP) is 1.52. The number of aryl methyl sites for hydroxylation is 1. The van der Waals surface area contributed by atoms with Crippen LogP contribution >= 0.6 is 0 Å². The smallest absolute Gasteiger partial charge is 0.619 e. The van der Waals surface area contributed by atoms with E-state index in [9.17, 15) is 4.79 Å². The Morgan fingerprint density at radius 1 is 1.21 bits per heavy atom. The van der Waals surface area contributed by atoms with Gasteiger partial charge in [0.25, 0.3) is 0 Å². The molecule has 4 aromatic rings. The molecule has 1 amide bonds. The van der Waals surface area contributed by atoms with Gasteiger partial charge in [0.05, 0.1) is 11.4 Å². The van der Waals surface area contributed by atoms with E-state index in [0.717, 1.165) is 60.4 Å². The van der Waals surface area contributed by atoms with Crippen molar-refractivity contribution in [3.05, 3.63) is 101 Å². The van der Waals surface area contributed by atoms with Gasteiger partial charge in [-0.15, -0.1) is 7.05 Å². The molecule has 1 aliphatic rings. The number of nitrogens with two attached hydrogens (primary N) is 1. The van der Waals surface area contributed by atoms with Crippen molar-refractivity contribution < 1.29 is 56.2 Å². The molecule has 0 bridgehead atoms. The van der Waals surface area contributed by atoms with Crippen LogP contribution in [-0.2, 0) is 11.2 Å². The largest absolute Gasteiger partial charge is 1.00 e. The van der Waals surface area contributed by atoms with Crippen molar-refractivity contribution in [2.45, 2.75) is 38.5 Å². The molecule has 1 fully saturated rings. The summed E-state index contributed by atoms with van der Waals surface area (Å²) in [6.07, 6.45) is 10.4. The van der Waals surface area contributed by atoms with E-state index in [2.05, 4.69) is 59.3 Å². The Labute approximate surface area is 271 Å².